The zero-order valence-electron chi connectivity index (χ0n) is 18.1. The molecule has 6 heteroatoms. The van der Waals surface area contributed by atoms with Crippen LogP contribution < -0.4 is 10.1 Å². The SMILES string of the molecule is COc1ccccc1NC1=C(c2ccc(C)c(C)c2)C(=O)N(Cc2ccccc2Cl)C1=O. The van der Waals surface area contributed by atoms with Gasteiger partial charge in [-0.15, -0.1) is 0 Å². The summed E-state index contributed by atoms with van der Waals surface area (Å²) < 4.78 is 5.42. The van der Waals surface area contributed by atoms with E-state index in [9.17, 15) is 9.59 Å². The van der Waals surface area contributed by atoms with Crippen molar-refractivity contribution in [2.24, 2.45) is 0 Å². The highest BCUT2D eigenvalue weighted by atomic mass is 35.5. The van der Waals surface area contributed by atoms with Gasteiger partial charge in [-0.3, -0.25) is 14.5 Å². The fraction of sp³-hybridized carbons (Fsp3) is 0.154. The third-order valence-corrected chi connectivity index (χ3v) is 5.99. The lowest BCUT2D eigenvalue weighted by atomic mass is 9.99. The van der Waals surface area contributed by atoms with Gasteiger partial charge in [0.05, 0.1) is 24.9 Å². The van der Waals surface area contributed by atoms with Crippen molar-refractivity contribution in [2.75, 3.05) is 12.4 Å². The van der Waals surface area contributed by atoms with Gasteiger partial charge in [-0.2, -0.15) is 0 Å². The van der Waals surface area contributed by atoms with Gasteiger partial charge in [-0.05, 0) is 54.3 Å². The van der Waals surface area contributed by atoms with Gasteiger partial charge in [-0.25, -0.2) is 0 Å². The lowest BCUT2D eigenvalue weighted by Crippen LogP contribution is -2.32. The van der Waals surface area contributed by atoms with Crippen molar-refractivity contribution in [3.63, 3.8) is 0 Å². The molecule has 162 valence electrons. The van der Waals surface area contributed by atoms with Gasteiger partial charge in [-0.1, -0.05) is 60.1 Å². The Kier molecular flexibility index (Phi) is 6.01. The quantitative estimate of drug-likeness (QED) is 0.518. The maximum absolute atomic E-state index is 13.5. The Balaban J connectivity index is 1.80. The first-order valence-electron chi connectivity index (χ1n) is 10.2. The van der Waals surface area contributed by atoms with Gasteiger partial charge in [0.15, 0.2) is 0 Å². The first kappa shape index (κ1) is 21.7. The van der Waals surface area contributed by atoms with E-state index in [0.29, 0.717) is 33.2 Å². The van der Waals surface area contributed by atoms with E-state index >= 15 is 0 Å². The molecule has 0 bridgehead atoms. The maximum atomic E-state index is 13.5. The number of para-hydroxylation sites is 2. The smallest absolute Gasteiger partial charge is 0.278 e. The normalized spacial score (nSPS) is 13.7. The molecule has 1 aliphatic rings. The molecule has 1 N–H and O–H groups in total. The zero-order chi connectivity index (χ0) is 22.8. The number of aryl methyl sites for hydroxylation is 2. The molecule has 0 saturated carbocycles. The monoisotopic (exact) mass is 446 g/mol. The highest BCUT2D eigenvalue weighted by Gasteiger charge is 2.39. The Hall–Kier alpha value is -3.57. The highest BCUT2D eigenvalue weighted by Crippen LogP contribution is 2.35. The third kappa shape index (κ3) is 3.99. The van der Waals surface area contributed by atoms with E-state index < -0.39 is 5.91 Å². The molecule has 0 spiro atoms. The summed E-state index contributed by atoms with van der Waals surface area (Å²) in [6.07, 6.45) is 0. The van der Waals surface area contributed by atoms with Crippen molar-refractivity contribution in [3.05, 3.63) is 99.7 Å². The first-order valence-corrected chi connectivity index (χ1v) is 10.6. The molecule has 0 unspecified atom stereocenters. The topological polar surface area (TPSA) is 58.6 Å². The molecule has 1 heterocycles. The summed E-state index contributed by atoms with van der Waals surface area (Å²) in [6, 6.07) is 20.2. The van der Waals surface area contributed by atoms with Crippen LogP contribution in [0.3, 0.4) is 0 Å². The number of methoxy groups -OCH3 is 1. The number of hydrogen-bond acceptors (Lipinski definition) is 4. The predicted molar refractivity (Wildman–Crippen MR) is 126 cm³/mol. The highest BCUT2D eigenvalue weighted by molar-refractivity contribution is 6.36. The summed E-state index contributed by atoms with van der Waals surface area (Å²) in [4.78, 5) is 28.2. The van der Waals surface area contributed by atoms with Crippen molar-refractivity contribution in [2.45, 2.75) is 20.4 Å². The minimum Gasteiger partial charge on any atom is -0.495 e. The number of imide groups is 1. The molecular weight excluding hydrogens is 424 g/mol. The maximum Gasteiger partial charge on any atom is 0.278 e. The Bertz CT molecular complexity index is 1250. The van der Waals surface area contributed by atoms with Crippen molar-refractivity contribution < 1.29 is 14.3 Å². The predicted octanol–water partition coefficient (Wildman–Crippen LogP) is 5.36. The largest absolute Gasteiger partial charge is 0.495 e. The second kappa shape index (κ2) is 8.89. The van der Waals surface area contributed by atoms with E-state index in [-0.39, 0.29) is 18.1 Å². The van der Waals surface area contributed by atoms with Crippen LogP contribution in [0.4, 0.5) is 5.69 Å². The van der Waals surface area contributed by atoms with Gasteiger partial charge >= 0.3 is 0 Å². The molecule has 2 amide bonds. The van der Waals surface area contributed by atoms with E-state index in [2.05, 4.69) is 5.32 Å². The van der Waals surface area contributed by atoms with Crippen LogP contribution in [0.25, 0.3) is 5.57 Å². The number of nitrogens with one attached hydrogen (secondary N) is 1. The number of carbonyl (C=O) groups is 2. The summed E-state index contributed by atoms with van der Waals surface area (Å²) in [5.74, 6) is -0.200. The van der Waals surface area contributed by atoms with Crippen LogP contribution >= 0.6 is 11.6 Å². The molecule has 3 aromatic carbocycles. The molecule has 1 aliphatic heterocycles. The molecule has 5 nitrogen and oxygen atoms in total. The standard InChI is InChI=1S/C26H23ClN2O3/c1-16-12-13-18(14-17(16)2)23-24(28-21-10-6-7-11-22(21)32-3)26(31)29(25(23)30)15-19-8-4-5-9-20(19)27/h4-14,28H,15H2,1-3H3. The molecule has 3 aromatic rings. The van der Waals surface area contributed by atoms with Gasteiger partial charge in [0.1, 0.15) is 11.4 Å². The number of anilines is 1. The summed E-state index contributed by atoms with van der Waals surface area (Å²) in [6.45, 7) is 4.07. The minimum absolute atomic E-state index is 0.0861. The van der Waals surface area contributed by atoms with Crippen molar-refractivity contribution in [1.29, 1.82) is 0 Å². The average Bonchev–Trinajstić information content (AvgIpc) is 3.02. The number of hydrogen-bond donors (Lipinski definition) is 1. The zero-order valence-corrected chi connectivity index (χ0v) is 18.9. The number of halogens is 1. The first-order chi connectivity index (χ1) is 15.4. The number of carbonyl (C=O) groups excluding carboxylic acids is 2. The van der Waals surface area contributed by atoms with Gasteiger partial charge in [0.2, 0.25) is 0 Å². The molecule has 32 heavy (non-hydrogen) atoms. The van der Waals surface area contributed by atoms with Crippen LogP contribution in [0.15, 0.2) is 72.4 Å². The number of nitrogens with zero attached hydrogens (tertiary/aromatic N) is 1. The van der Waals surface area contributed by atoms with Gasteiger partial charge in [0, 0.05) is 5.02 Å². The number of rotatable bonds is 6. The van der Waals surface area contributed by atoms with E-state index in [1.165, 1.54) is 4.90 Å². The van der Waals surface area contributed by atoms with Crippen molar-refractivity contribution >= 4 is 34.7 Å². The third-order valence-electron chi connectivity index (χ3n) is 5.62. The molecule has 0 atom stereocenters. The molecule has 0 aliphatic carbocycles. The van der Waals surface area contributed by atoms with Gasteiger partial charge < -0.3 is 10.1 Å². The summed E-state index contributed by atoms with van der Waals surface area (Å²) >= 11 is 6.30. The molecule has 0 fully saturated rings. The summed E-state index contributed by atoms with van der Waals surface area (Å²) in [7, 11) is 1.56. The number of benzene rings is 3. The fourth-order valence-corrected chi connectivity index (χ4v) is 3.88. The van der Waals surface area contributed by atoms with E-state index in [1.807, 2.05) is 62.4 Å². The second-order valence-corrected chi connectivity index (χ2v) is 8.07. The van der Waals surface area contributed by atoms with Crippen molar-refractivity contribution in [1.82, 2.24) is 4.90 Å². The second-order valence-electron chi connectivity index (χ2n) is 7.66. The summed E-state index contributed by atoms with van der Waals surface area (Å²) in [5, 5.41) is 3.67. The molecule has 0 radical (unpaired) electrons. The summed E-state index contributed by atoms with van der Waals surface area (Å²) in [5.41, 5.74) is 4.69. The van der Waals surface area contributed by atoms with Crippen LogP contribution in [-0.4, -0.2) is 23.8 Å². The number of ether oxygens (including phenoxy) is 1. The minimum atomic E-state index is -0.408. The van der Waals surface area contributed by atoms with E-state index in [1.54, 1.807) is 25.3 Å². The van der Waals surface area contributed by atoms with E-state index in [0.717, 1.165) is 11.1 Å². The van der Waals surface area contributed by atoms with Crippen LogP contribution in [0, 0.1) is 13.8 Å². The lowest BCUT2D eigenvalue weighted by molar-refractivity contribution is -0.137. The Morgan fingerprint density at radius 3 is 2.34 bits per heavy atom. The van der Waals surface area contributed by atoms with Crippen LogP contribution in [0.5, 0.6) is 5.75 Å². The molecule has 4 rings (SSSR count). The van der Waals surface area contributed by atoms with Crippen LogP contribution in [-0.2, 0) is 16.1 Å². The van der Waals surface area contributed by atoms with Crippen molar-refractivity contribution in [3.8, 4) is 5.75 Å². The average molecular weight is 447 g/mol. The Morgan fingerprint density at radius 1 is 0.906 bits per heavy atom. The lowest BCUT2D eigenvalue weighted by Gasteiger charge is -2.16. The van der Waals surface area contributed by atoms with Crippen LogP contribution in [0.1, 0.15) is 22.3 Å². The van der Waals surface area contributed by atoms with Crippen LogP contribution in [0.2, 0.25) is 5.02 Å². The van der Waals surface area contributed by atoms with Gasteiger partial charge in [0.25, 0.3) is 11.8 Å². The van der Waals surface area contributed by atoms with E-state index in [4.69, 9.17) is 16.3 Å². The molecular formula is C26H23ClN2O3. The number of amides is 2. The molecule has 0 aromatic heterocycles. The fourth-order valence-electron chi connectivity index (χ4n) is 3.68. The molecule has 0 saturated heterocycles. The Morgan fingerprint density at radius 2 is 1.62 bits per heavy atom. The Labute approximate surface area is 192 Å².